The first kappa shape index (κ1) is 15.0. The Morgan fingerprint density at radius 3 is 2.68 bits per heavy atom. The number of esters is 1. The molecule has 1 rings (SSSR count). The second-order valence-electron chi connectivity index (χ2n) is 3.34. The smallest absolute Gasteiger partial charge is 0.337 e. The van der Waals surface area contributed by atoms with E-state index in [4.69, 9.17) is 9.84 Å². The van der Waals surface area contributed by atoms with E-state index in [2.05, 4.69) is 0 Å². The van der Waals surface area contributed by atoms with Gasteiger partial charge >= 0.3 is 11.9 Å². The van der Waals surface area contributed by atoms with E-state index in [1.165, 1.54) is 12.1 Å². The molecule has 0 fully saturated rings. The van der Waals surface area contributed by atoms with E-state index in [0.29, 0.717) is 0 Å². The van der Waals surface area contributed by atoms with Gasteiger partial charge in [-0.15, -0.1) is 11.8 Å². The van der Waals surface area contributed by atoms with Gasteiger partial charge in [0.25, 0.3) is 5.69 Å². The van der Waals surface area contributed by atoms with Crippen LogP contribution in [-0.2, 0) is 9.53 Å². The number of carboxylic acid groups (broad SMARTS) is 1. The zero-order valence-electron chi connectivity index (χ0n) is 9.99. The second-order valence-corrected chi connectivity index (χ2v) is 4.35. The number of nitro benzene ring substituents is 1. The Balaban J connectivity index is 2.91. The Labute approximate surface area is 112 Å². The Morgan fingerprint density at radius 1 is 1.47 bits per heavy atom. The first-order valence-corrected chi connectivity index (χ1v) is 6.24. The van der Waals surface area contributed by atoms with Gasteiger partial charge < -0.3 is 9.84 Å². The van der Waals surface area contributed by atoms with Gasteiger partial charge in [-0.1, -0.05) is 0 Å². The molecule has 0 aliphatic heterocycles. The van der Waals surface area contributed by atoms with Crippen LogP contribution in [0.5, 0.6) is 0 Å². The molecule has 0 unspecified atom stereocenters. The third-order valence-electron chi connectivity index (χ3n) is 2.06. The van der Waals surface area contributed by atoms with Gasteiger partial charge in [0.05, 0.1) is 22.8 Å². The van der Waals surface area contributed by atoms with Crippen molar-refractivity contribution in [1.29, 1.82) is 0 Å². The normalized spacial score (nSPS) is 9.95. The van der Waals surface area contributed by atoms with Gasteiger partial charge in [-0.25, -0.2) is 4.79 Å². The summed E-state index contributed by atoms with van der Waals surface area (Å²) in [6.45, 7) is 1.91. The third kappa shape index (κ3) is 4.25. The highest BCUT2D eigenvalue weighted by Gasteiger charge is 2.17. The van der Waals surface area contributed by atoms with Crippen molar-refractivity contribution < 1.29 is 24.4 Å². The van der Waals surface area contributed by atoms with Crippen LogP contribution >= 0.6 is 11.8 Å². The minimum atomic E-state index is -1.28. The Kier molecular flexibility index (Phi) is 5.31. The number of ether oxygens (including phenoxy) is 1. The number of nitro groups is 1. The van der Waals surface area contributed by atoms with Crippen molar-refractivity contribution in [3.63, 3.8) is 0 Å². The van der Waals surface area contributed by atoms with Crippen molar-refractivity contribution in [3.05, 3.63) is 33.9 Å². The van der Waals surface area contributed by atoms with E-state index in [1.807, 2.05) is 0 Å². The van der Waals surface area contributed by atoms with E-state index in [0.717, 1.165) is 17.8 Å². The van der Waals surface area contributed by atoms with Crippen LogP contribution in [0.15, 0.2) is 23.1 Å². The lowest BCUT2D eigenvalue weighted by Crippen LogP contribution is -2.07. The van der Waals surface area contributed by atoms with Crippen LogP contribution in [-0.4, -0.2) is 34.3 Å². The molecular formula is C11H11NO6S. The molecule has 7 nitrogen and oxygen atoms in total. The first-order valence-electron chi connectivity index (χ1n) is 5.25. The highest BCUT2D eigenvalue weighted by atomic mass is 32.2. The van der Waals surface area contributed by atoms with Gasteiger partial charge in [0.1, 0.15) is 0 Å². The minimum absolute atomic E-state index is 0.0497. The molecular weight excluding hydrogens is 274 g/mol. The number of carbonyl (C=O) groups is 2. The fourth-order valence-electron chi connectivity index (χ4n) is 1.26. The van der Waals surface area contributed by atoms with E-state index in [9.17, 15) is 19.7 Å². The largest absolute Gasteiger partial charge is 0.478 e. The van der Waals surface area contributed by atoms with Crippen LogP contribution in [0.4, 0.5) is 5.69 Å². The van der Waals surface area contributed by atoms with Crippen molar-refractivity contribution >= 4 is 29.4 Å². The van der Waals surface area contributed by atoms with Gasteiger partial charge in [-0.2, -0.15) is 0 Å². The fourth-order valence-corrected chi connectivity index (χ4v) is 2.09. The maximum atomic E-state index is 11.2. The molecule has 0 amide bonds. The number of carbonyl (C=O) groups excluding carboxylic acids is 1. The summed E-state index contributed by atoms with van der Waals surface area (Å²) in [6, 6.07) is 3.47. The summed E-state index contributed by atoms with van der Waals surface area (Å²) >= 11 is 0.966. The van der Waals surface area contributed by atoms with E-state index < -0.39 is 16.9 Å². The quantitative estimate of drug-likeness (QED) is 0.368. The molecule has 0 aliphatic carbocycles. The van der Waals surface area contributed by atoms with Crippen LogP contribution in [0.2, 0.25) is 0 Å². The number of aromatic carboxylic acids is 1. The van der Waals surface area contributed by atoms with Crippen LogP contribution < -0.4 is 0 Å². The number of rotatable bonds is 6. The van der Waals surface area contributed by atoms with Crippen molar-refractivity contribution in [2.45, 2.75) is 11.8 Å². The lowest BCUT2D eigenvalue weighted by molar-refractivity contribution is -0.384. The van der Waals surface area contributed by atoms with E-state index in [-0.39, 0.29) is 28.5 Å². The molecule has 0 radical (unpaired) electrons. The zero-order valence-corrected chi connectivity index (χ0v) is 10.8. The van der Waals surface area contributed by atoms with Crippen LogP contribution in [0.1, 0.15) is 17.3 Å². The zero-order chi connectivity index (χ0) is 14.4. The van der Waals surface area contributed by atoms with Gasteiger partial charge in [-0.3, -0.25) is 14.9 Å². The van der Waals surface area contributed by atoms with Crippen LogP contribution in [0.25, 0.3) is 0 Å². The van der Waals surface area contributed by atoms with Gasteiger partial charge in [0.2, 0.25) is 0 Å². The molecule has 1 N–H and O–H groups in total. The summed E-state index contributed by atoms with van der Waals surface area (Å²) in [7, 11) is 0. The molecule has 8 heteroatoms. The average Bonchev–Trinajstić information content (AvgIpc) is 2.36. The standard InChI is InChI=1S/C11H11NO6S/c1-2-18-10(13)6-19-9-4-3-7(12(16)17)5-8(9)11(14)15/h3-5H,2,6H2,1H3,(H,14,15). The lowest BCUT2D eigenvalue weighted by Gasteiger charge is -2.05. The number of thioether (sulfide) groups is 1. The predicted molar refractivity (Wildman–Crippen MR) is 67.4 cm³/mol. The highest BCUT2D eigenvalue weighted by Crippen LogP contribution is 2.26. The van der Waals surface area contributed by atoms with Crippen molar-refractivity contribution in [1.82, 2.24) is 0 Å². The Bertz CT molecular complexity index is 516. The molecule has 0 atom stereocenters. The number of carboxylic acids is 1. The number of hydrogen-bond donors (Lipinski definition) is 1. The van der Waals surface area contributed by atoms with Crippen LogP contribution in [0, 0.1) is 10.1 Å². The predicted octanol–water partition coefficient (Wildman–Crippen LogP) is 1.95. The van der Waals surface area contributed by atoms with Crippen molar-refractivity contribution in [2.24, 2.45) is 0 Å². The molecule has 19 heavy (non-hydrogen) atoms. The number of nitrogens with zero attached hydrogens (tertiary/aromatic N) is 1. The lowest BCUT2D eigenvalue weighted by atomic mass is 10.2. The van der Waals surface area contributed by atoms with Crippen LogP contribution in [0.3, 0.4) is 0 Å². The molecule has 102 valence electrons. The maximum absolute atomic E-state index is 11.2. The first-order chi connectivity index (χ1) is 8.95. The summed E-state index contributed by atoms with van der Waals surface area (Å²) in [4.78, 5) is 32.4. The average molecular weight is 285 g/mol. The molecule has 0 saturated carbocycles. The third-order valence-corrected chi connectivity index (χ3v) is 3.10. The van der Waals surface area contributed by atoms with Gasteiger partial charge in [-0.05, 0) is 13.0 Å². The molecule has 0 saturated heterocycles. The summed E-state index contributed by atoms with van der Waals surface area (Å²) in [5.74, 6) is -1.80. The second kappa shape index (κ2) is 6.74. The Hall–Kier alpha value is -2.09. The fraction of sp³-hybridized carbons (Fsp3) is 0.273. The number of benzene rings is 1. The highest BCUT2D eigenvalue weighted by molar-refractivity contribution is 8.00. The summed E-state index contributed by atoms with van der Waals surface area (Å²) < 4.78 is 4.71. The maximum Gasteiger partial charge on any atom is 0.337 e. The molecule has 0 heterocycles. The molecule has 0 spiro atoms. The molecule has 0 aliphatic rings. The SMILES string of the molecule is CCOC(=O)CSc1ccc([N+](=O)[O-])cc1C(=O)O. The van der Waals surface area contributed by atoms with Crippen molar-refractivity contribution in [3.8, 4) is 0 Å². The number of non-ortho nitro benzene ring substituents is 1. The van der Waals surface area contributed by atoms with E-state index >= 15 is 0 Å². The number of hydrogen-bond acceptors (Lipinski definition) is 6. The topological polar surface area (TPSA) is 107 Å². The van der Waals surface area contributed by atoms with Crippen molar-refractivity contribution in [2.75, 3.05) is 12.4 Å². The molecule has 0 aromatic heterocycles. The summed E-state index contributed by atoms with van der Waals surface area (Å²) in [5.41, 5.74) is -0.513. The van der Waals surface area contributed by atoms with Gasteiger partial charge in [0.15, 0.2) is 0 Å². The summed E-state index contributed by atoms with van der Waals surface area (Å²) in [6.07, 6.45) is 0. The summed E-state index contributed by atoms with van der Waals surface area (Å²) in [5, 5.41) is 19.6. The molecule has 1 aromatic rings. The Morgan fingerprint density at radius 2 is 2.16 bits per heavy atom. The molecule has 0 bridgehead atoms. The minimum Gasteiger partial charge on any atom is -0.478 e. The monoisotopic (exact) mass is 285 g/mol. The molecule has 1 aromatic carbocycles. The van der Waals surface area contributed by atoms with E-state index in [1.54, 1.807) is 6.92 Å². The van der Waals surface area contributed by atoms with Gasteiger partial charge in [0, 0.05) is 17.0 Å².